The first-order chi connectivity index (χ1) is 8.18. The second-order valence-corrected chi connectivity index (χ2v) is 3.73. The van der Waals surface area contributed by atoms with Crippen LogP contribution in [-0.4, -0.2) is 69.8 Å². The van der Waals surface area contributed by atoms with Gasteiger partial charge < -0.3 is 30.5 Å². The fourth-order valence-corrected chi connectivity index (χ4v) is 1.49. The van der Waals surface area contributed by atoms with Crippen LogP contribution in [-0.2, 0) is 9.53 Å². The Bertz CT molecular complexity index is 312. The first-order valence-corrected chi connectivity index (χ1v) is 4.86. The Morgan fingerprint density at radius 1 is 1.22 bits per heavy atom. The van der Waals surface area contributed by atoms with E-state index in [2.05, 4.69) is 4.74 Å². The van der Waals surface area contributed by atoms with Crippen LogP contribution >= 0.6 is 0 Å². The third-order valence-corrected chi connectivity index (χ3v) is 2.46. The molecule has 5 atom stereocenters. The van der Waals surface area contributed by atoms with Crippen molar-refractivity contribution in [2.24, 2.45) is 0 Å². The summed E-state index contributed by atoms with van der Waals surface area (Å²) in [6, 6.07) is -1.85. The molecule has 1 aliphatic heterocycles. The summed E-state index contributed by atoms with van der Waals surface area (Å²) in [6.07, 6.45) is -12.2. The minimum absolute atomic E-state index is 0.755. The van der Waals surface area contributed by atoms with Crippen molar-refractivity contribution in [2.45, 2.75) is 36.8 Å². The van der Waals surface area contributed by atoms with Gasteiger partial charge >= 0.3 is 12.1 Å². The number of alkyl halides is 3. The molecule has 106 valence electrons. The number of rotatable bonds is 2. The average Bonchev–Trinajstić information content (AvgIpc) is 2.27. The zero-order valence-electron chi connectivity index (χ0n) is 8.83. The lowest BCUT2D eigenvalue weighted by atomic mass is 9.97. The lowest BCUT2D eigenvalue weighted by Crippen LogP contribution is -2.65. The van der Waals surface area contributed by atoms with Crippen LogP contribution in [0.1, 0.15) is 0 Å². The number of halogens is 3. The van der Waals surface area contributed by atoms with Gasteiger partial charge in [-0.25, -0.2) is 0 Å². The fourth-order valence-electron chi connectivity index (χ4n) is 1.49. The largest absolute Gasteiger partial charge is 0.471 e. The van der Waals surface area contributed by atoms with E-state index in [9.17, 15) is 33.3 Å². The number of aliphatic hydroxyl groups is 4. The van der Waals surface area contributed by atoms with Gasteiger partial charge in [-0.05, 0) is 0 Å². The fraction of sp³-hybridized carbons (Fsp3) is 0.875. The lowest BCUT2D eigenvalue weighted by molar-refractivity contribution is -0.256. The molecule has 5 N–H and O–H groups in total. The van der Waals surface area contributed by atoms with Gasteiger partial charge in [0.15, 0.2) is 6.29 Å². The Labute approximate surface area is 98.8 Å². The van der Waals surface area contributed by atoms with Crippen molar-refractivity contribution in [1.29, 1.82) is 0 Å². The summed E-state index contributed by atoms with van der Waals surface area (Å²) in [7, 11) is 0. The molecule has 10 heteroatoms. The molecule has 7 nitrogen and oxygen atoms in total. The first kappa shape index (κ1) is 15.1. The molecule has 1 fully saturated rings. The molecule has 0 saturated carbocycles. The van der Waals surface area contributed by atoms with Gasteiger partial charge in [0.05, 0.1) is 6.61 Å². The quantitative estimate of drug-likeness (QED) is 0.379. The van der Waals surface area contributed by atoms with Crippen LogP contribution in [0, 0.1) is 0 Å². The Hall–Kier alpha value is -0.940. The van der Waals surface area contributed by atoms with Gasteiger partial charge in [0.1, 0.15) is 24.4 Å². The number of nitrogens with one attached hydrogen (secondary N) is 1. The molecule has 0 radical (unpaired) electrons. The number of carbonyl (C=O) groups excluding carboxylic acids is 1. The molecule has 1 rings (SSSR count). The highest BCUT2D eigenvalue weighted by atomic mass is 19.4. The molecule has 0 aromatic rings. The van der Waals surface area contributed by atoms with Crippen LogP contribution in [0.5, 0.6) is 0 Å². The summed E-state index contributed by atoms with van der Waals surface area (Å²) in [4.78, 5) is 10.6. The van der Waals surface area contributed by atoms with Gasteiger partial charge in [0.2, 0.25) is 0 Å². The van der Waals surface area contributed by atoms with Crippen LogP contribution in [0.15, 0.2) is 0 Å². The second kappa shape index (κ2) is 5.36. The van der Waals surface area contributed by atoms with Gasteiger partial charge in [-0.1, -0.05) is 0 Å². The lowest BCUT2D eigenvalue weighted by Gasteiger charge is -2.40. The molecule has 1 heterocycles. The average molecular weight is 275 g/mol. The van der Waals surface area contributed by atoms with Gasteiger partial charge in [-0.2, -0.15) is 13.2 Å². The van der Waals surface area contributed by atoms with E-state index >= 15 is 0 Å². The normalized spacial score (nSPS) is 37.4. The number of carbonyl (C=O) groups is 1. The standard InChI is InChI=1S/C8H12F3NO6/c9-8(10,11)7(17)12-3-5(15)4(14)2(1-13)18-6(3)16/h2-6,13-16H,1H2,(H,12,17)/t2-,3?,4?,5?,6?/m1/s1. The van der Waals surface area contributed by atoms with Crippen LogP contribution < -0.4 is 5.32 Å². The van der Waals surface area contributed by atoms with E-state index in [0.717, 1.165) is 0 Å². The molecule has 4 unspecified atom stereocenters. The number of amides is 1. The van der Waals surface area contributed by atoms with Crippen LogP contribution in [0.25, 0.3) is 0 Å². The van der Waals surface area contributed by atoms with E-state index in [1.165, 1.54) is 5.32 Å². The first-order valence-electron chi connectivity index (χ1n) is 4.86. The van der Waals surface area contributed by atoms with Crippen molar-refractivity contribution in [1.82, 2.24) is 5.32 Å². The van der Waals surface area contributed by atoms with Crippen molar-refractivity contribution in [3.63, 3.8) is 0 Å². The van der Waals surface area contributed by atoms with E-state index in [0.29, 0.717) is 0 Å². The third-order valence-electron chi connectivity index (χ3n) is 2.46. The van der Waals surface area contributed by atoms with E-state index in [4.69, 9.17) is 5.11 Å². The van der Waals surface area contributed by atoms with Gasteiger partial charge in [0.25, 0.3) is 0 Å². The molecule has 18 heavy (non-hydrogen) atoms. The topological polar surface area (TPSA) is 119 Å². The minimum atomic E-state index is -5.20. The molecule has 1 aliphatic rings. The predicted octanol–water partition coefficient (Wildman–Crippen LogP) is -2.54. The van der Waals surface area contributed by atoms with Crippen molar-refractivity contribution >= 4 is 5.91 Å². The monoisotopic (exact) mass is 275 g/mol. The van der Waals surface area contributed by atoms with Crippen LogP contribution in [0.2, 0.25) is 0 Å². The second-order valence-electron chi connectivity index (χ2n) is 3.73. The maximum Gasteiger partial charge on any atom is 0.471 e. The summed E-state index contributed by atoms with van der Waals surface area (Å²) < 4.78 is 40.5. The van der Waals surface area contributed by atoms with E-state index in [1.807, 2.05) is 0 Å². The smallest absolute Gasteiger partial charge is 0.394 e. The zero-order chi connectivity index (χ0) is 14.1. The van der Waals surface area contributed by atoms with Gasteiger partial charge in [0, 0.05) is 0 Å². The SMILES string of the molecule is O=C(NC1C(O)O[C@H](CO)C(O)C1O)C(F)(F)F. The highest BCUT2D eigenvalue weighted by Gasteiger charge is 2.48. The molecule has 0 aliphatic carbocycles. The zero-order valence-corrected chi connectivity index (χ0v) is 8.83. The van der Waals surface area contributed by atoms with Crippen molar-refractivity contribution in [3.05, 3.63) is 0 Å². The van der Waals surface area contributed by atoms with E-state index in [1.54, 1.807) is 0 Å². The highest BCUT2D eigenvalue weighted by molar-refractivity contribution is 5.82. The minimum Gasteiger partial charge on any atom is -0.394 e. The molecular formula is C8H12F3NO6. The summed E-state index contributed by atoms with van der Waals surface area (Å²) in [5, 5.41) is 38.1. The number of hydrogen-bond donors (Lipinski definition) is 5. The number of aliphatic hydroxyl groups excluding tert-OH is 4. The molecule has 1 saturated heterocycles. The Morgan fingerprint density at radius 3 is 2.22 bits per heavy atom. The molecule has 0 bridgehead atoms. The highest BCUT2D eigenvalue weighted by Crippen LogP contribution is 2.21. The van der Waals surface area contributed by atoms with Crippen LogP contribution in [0.3, 0.4) is 0 Å². The molecule has 0 aromatic carbocycles. The Balaban J connectivity index is 2.74. The Morgan fingerprint density at radius 2 is 1.78 bits per heavy atom. The van der Waals surface area contributed by atoms with E-state index in [-0.39, 0.29) is 0 Å². The van der Waals surface area contributed by atoms with E-state index < -0.39 is 49.3 Å². The van der Waals surface area contributed by atoms with Crippen molar-refractivity contribution < 1.29 is 43.1 Å². The van der Waals surface area contributed by atoms with Crippen LogP contribution in [0.4, 0.5) is 13.2 Å². The van der Waals surface area contributed by atoms with Gasteiger partial charge in [-0.3, -0.25) is 4.79 Å². The number of hydrogen-bond acceptors (Lipinski definition) is 6. The maximum absolute atomic E-state index is 12.0. The Kier molecular flexibility index (Phi) is 4.50. The molecule has 0 aromatic heterocycles. The van der Waals surface area contributed by atoms with Crippen molar-refractivity contribution in [2.75, 3.05) is 6.61 Å². The summed E-state index contributed by atoms with van der Waals surface area (Å²) >= 11 is 0. The maximum atomic E-state index is 12.0. The summed E-state index contributed by atoms with van der Waals surface area (Å²) in [5.41, 5.74) is 0. The van der Waals surface area contributed by atoms with Crippen molar-refractivity contribution in [3.8, 4) is 0 Å². The van der Waals surface area contributed by atoms with Gasteiger partial charge in [-0.15, -0.1) is 0 Å². The molecule has 1 amide bonds. The molecule has 0 spiro atoms. The third kappa shape index (κ3) is 3.09. The predicted molar refractivity (Wildman–Crippen MR) is 48.0 cm³/mol. The summed E-state index contributed by atoms with van der Waals surface area (Å²) in [6.45, 7) is -0.755. The summed E-state index contributed by atoms with van der Waals surface area (Å²) in [5.74, 6) is -2.39. The number of ether oxygens (including phenoxy) is 1. The molecular weight excluding hydrogens is 263 g/mol.